The van der Waals surface area contributed by atoms with E-state index in [0.717, 1.165) is 74.0 Å². The minimum absolute atomic E-state index is 0. The quantitative estimate of drug-likeness (QED) is 0.0380. The normalized spacial score (nSPS) is 25.2. The van der Waals surface area contributed by atoms with Gasteiger partial charge in [0.1, 0.15) is 0 Å². The Hall–Kier alpha value is -0.594. The number of carbonyl (C=O) groups is 2. The Morgan fingerprint density at radius 2 is 0.957 bits per heavy atom. The van der Waals surface area contributed by atoms with E-state index in [1.54, 1.807) is 5.57 Å². The predicted molar refractivity (Wildman–Crippen MR) is 294 cm³/mol. The van der Waals surface area contributed by atoms with Crippen LogP contribution < -0.4 is 10.2 Å². The molecule has 4 rings (SSSR count). The molecule has 3 saturated carbocycles. The van der Waals surface area contributed by atoms with E-state index in [1.807, 2.05) is 0 Å². The van der Waals surface area contributed by atoms with Crippen molar-refractivity contribution in [2.75, 3.05) is 0 Å². The Kier molecular flexibility index (Phi) is 39.2. The van der Waals surface area contributed by atoms with Crippen LogP contribution >= 0.6 is 0 Å². The molecule has 0 saturated heterocycles. The van der Waals surface area contributed by atoms with Gasteiger partial charge >= 0.3 is 23.1 Å². The molecule has 2 unspecified atom stereocenters. The topological polar surface area (TPSA) is 100 Å². The van der Waals surface area contributed by atoms with E-state index >= 15 is 0 Å². The molecule has 3 fully saturated rings. The number of carboxylic acids is 2. The van der Waals surface area contributed by atoms with Crippen LogP contribution in [-0.2, 0) is 9.59 Å². The van der Waals surface area contributed by atoms with Gasteiger partial charge in [-0.2, -0.15) is 0 Å². The number of allylic oxidation sites excluding steroid dienone is 1. The Morgan fingerprint density at radius 1 is 0.551 bits per heavy atom. The first-order chi connectivity index (χ1) is 32.8. The molecule has 0 aromatic rings. The SMILES string of the molecule is CC(C)CCC[C@@H](C)[C@H]1CCC2[C@H]3CC=C4CC(O)CC[C@]4(C)[C@@H]3CC[C@@]21C.CCCCCCCCCCCCCCCCCC(=O)[O-].CCCCCCCCCCCCCCCCCC(=O)[O-].[Mg+2]. The van der Waals surface area contributed by atoms with E-state index in [4.69, 9.17) is 0 Å². The van der Waals surface area contributed by atoms with Crippen molar-refractivity contribution in [2.45, 2.75) is 331 Å². The van der Waals surface area contributed by atoms with Gasteiger partial charge in [0.2, 0.25) is 0 Å². The second-order valence-corrected chi connectivity index (χ2v) is 24.3. The van der Waals surface area contributed by atoms with Crippen LogP contribution in [-0.4, -0.2) is 46.2 Å². The van der Waals surface area contributed by atoms with Gasteiger partial charge in [-0.1, -0.05) is 259 Å². The Morgan fingerprint density at radius 3 is 1.35 bits per heavy atom. The molecule has 4 aliphatic rings. The molecule has 0 aromatic carbocycles. The summed E-state index contributed by atoms with van der Waals surface area (Å²) >= 11 is 0. The van der Waals surface area contributed by atoms with Crippen molar-refractivity contribution < 1.29 is 24.9 Å². The van der Waals surface area contributed by atoms with Crippen LogP contribution in [0.4, 0.5) is 0 Å². The summed E-state index contributed by atoms with van der Waals surface area (Å²) in [5, 5.41) is 30.7. The molecule has 400 valence electrons. The van der Waals surface area contributed by atoms with E-state index in [-0.39, 0.29) is 42.0 Å². The van der Waals surface area contributed by atoms with Crippen LogP contribution in [0.3, 0.4) is 0 Å². The van der Waals surface area contributed by atoms with Gasteiger partial charge in [0, 0.05) is 11.9 Å². The van der Waals surface area contributed by atoms with Crippen molar-refractivity contribution in [2.24, 2.45) is 46.3 Å². The molecular weight excluding hydrogens is 861 g/mol. The zero-order valence-corrected chi connectivity index (χ0v) is 48.7. The summed E-state index contributed by atoms with van der Waals surface area (Å²) in [4.78, 5) is 20.4. The smallest absolute Gasteiger partial charge is 0.550 e. The van der Waals surface area contributed by atoms with Crippen molar-refractivity contribution in [1.82, 2.24) is 0 Å². The minimum atomic E-state index is -0.903. The Labute approximate surface area is 446 Å². The van der Waals surface area contributed by atoms with Crippen molar-refractivity contribution in [3.63, 3.8) is 0 Å². The number of unbranched alkanes of at least 4 members (excludes halogenated alkanes) is 28. The first kappa shape index (κ1) is 66.4. The summed E-state index contributed by atoms with van der Waals surface area (Å²) in [5.41, 5.74) is 2.60. The Balaban J connectivity index is 0.000000528. The molecule has 6 heteroatoms. The van der Waals surface area contributed by atoms with E-state index in [0.29, 0.717) is 10.8 Å². The van der Waals surface area contributed by atoms with Crippen LogP contribution in [0.1, 0.15) is 325 Å². The second kappa shape index (κ2) is 40.8. The summed E-state index contributed by atoms with van der Waals surface area (Å²) in [7, 11) is 0. The first-order valence-electron chi connectivity index (χ1n) is 30.6. The van der Waals surface area contributed by atoms with E-state index in [9.17, 15) is 24.9 Å². The summed E-state index contributed by atoms with van der Waals surface area (Å²) in [6, 6.07) is 0. The maximum Gasteiger partial charge on any atom is 2.00 e. The molecule has 0 amide bonds. The van der Waals surface area contributed by atoms with Crippen molar-refractivity contribution >= 4 is 35.0 Å². The number of aliphatic hydroxyl groups is 1. The predicted octanol–water partition coefficient (Wildman–Crippen LogP) is 17.0. The first-order valence-corrected chi connectivity index (χ1v) is 30.6. The van der Waals surface area contributed by atoms with Crippen LogP contribution in [0.15, 0.2) is 11.6 Å². The van der Waals surface area contributed by atoms with Gasteiger partial charge in [0.05, 0.1) is 6.10 Å². The third-order valence-corrected chi connectivity index (χ3v) is 18.2. The standard InChI is InChI=1S/C27H46O.2C18H36O2.Mg/c1-18(2)7-6-8-19(3)23-11-12-24-22-10-9-20-17-21(28)13-15-26(20,4)25(22)14-16-27(23,24)5;2*1-2-3-4-5-6-7-8-9-10-11-12-13-14-15-16-17-18(19)20;/h9,18-19,21-25,28H,6-8,10-17H2,1-5H3;2*2-17H2,1H3,(H,19,20);/q;;;+2/p-2/t19-,21?,22-,23-,24?,25-,26+,27-;;;/m1.../s1. The average Bonchev–Trinajstić information content (AvgIpc) is 3.66. The largest absolute Gasteiger partial charge is 2.00 e. The zero-order valence-electron chi connectivity index (χ0n) is 47.3. The van der Waals surface area contributed by atoms with Crippen LogP contribution in [0.2, 0.25) is 0 Å². The fourth-order valence-electron chi connectivity index (χ4n) is 13.9. The third-order valence-electron chi connectivity index (χ3n) is 18.2. The van der Waals surface area contributed by atoms with Crippen LogP contribution in [0, 0.1) is 46.3 Å². The van der Waals surface area contributed by atoms with Gasteiger partial charge in [-0.15, -0.1) is 0 Å². The molecule has 0 heterocycles. The van der Waals surface area contributed by atoms with E-state index in [1.165, 1.54) is 225 Å². The van der Waals surface area contributed by atoms with Crippen LogP contribution in [0.25, 0.3) is 0 Å². The molecule has 0 spiro atoms. The van der Waals surface area contributed by atoms with Gasteiger partial charge in [0.15, 0.2) is 0 Å². The molecule has 0 aliphatic heterocycles. The molecule has 1 N–H and O–H groups in total. The number of carboxylic acid groups (broad SMARTS) is 2. The molecule has 0 radical (unpaired) electrons. The van der Waals surface area contributed by atoms with E-state index < -0.39 is 11.9 Å². The molecular formula is C63H116MgO5. The van der Waals surface area contributed by atoms with E-state index in [2.05, 4.69) is 54.5 Å². The molecule has 5 nitrogen and oxygen atoms in total. The molecule has 69 heavy (non-hydrogen) atoms. The molecule has 0 bridgehead atoms. The summed E-state index contributed by atoms with van der Waals surface area (Å²) < 4.78 is 0. The maximum atomic E-state index is 10.2. The number of aliphatic hydroxyl groups excluding tert-OH is 1. The fraction of sp³-hybridized carbons (Fsp3) is 0.937. The fourth-order valence-corrected chi connectivity index (χ4v) is 13.9. The maximum absolute atomic E-state index is 10.2. The number of carbonyl (C=O) groups excluding carboxylic acids is 2. The molecule has 4 aliphatic carbocycles. The van der Waals surface area contributed by atoms with Gasteiger partial charge in [-0.3, -0.25) is 0 Å². The number of aliphatic carboxylic acids is 2. The number of fused-ring (bicyclic) bond motifs is 5. The van der Waals surface area contributed by atoms with Gasteiger partial charge in [-0.05, 0) is 123 Å². The van der Waals surface area contributed by atoms with Crippen LogP contribution in [0.5, 0.6) is 0 Å². The number of rotatable bonds is 37. The second-order valence-electron chi connectivity index (χ2n) is 24.3. The average molecular weight is 978 g/mol. The third kappa shape index (κ3) is 28.0. The Bertz CT molecular complexity index is 1240. The van der Waals surface area contributed by atoms with Crippen molar-refractivity contribution in [1.29, 1.82) is 0 Å². The molecule has 0 aromatic heterocycles. The minimum Gasteiger partial charge on any atom is -0.550 e. The zero-order chi connectivity index (χ0) is 49.9. The van der Waals surface area contributed by atoms with Crippen molar-refractivity contribution in [3.05, 3.63) is 11.6 Å². The number of hydrogen-bond acceptors (Lipinski definition) is 5. The monoisotopic (exact) mass is 977 g/mol. The summed E-state index contributed by atoms with van der Waals surface area (Å²) in [5.74, 6) is 3.65. The van der Waals surface area contributed by atoms with Gasteiger partial charge in [-0.25, -0.2) is 0 Å². The summed E-state index contributed by atoms with van der Waals surface area (Å²) in [6.45, 7) is 17.1. The van der Waals surface area contributed by atoms with Gasteiger partial charge in [0.25, 0.3) is 0 Å². The van der Waals surface area contributed by atoms with Gasteiger partial charge < -0.3 is 24.9 Å². The summed E-state index contributed by atoms with van der Waals surface area (Å²) in [6.07, 6.45) is 56.9. The van der Waals surface area contributed by atoms with Crippen molar-refractivity contribution in [3.8, 4) is 0 Å². The number of hydrogen-bond donors (Lipinski definition) is 1. The molecule has 8 atom stereocenters.